The average Bonchev–Trinajstić information content (AvgIpc) is 3.30. The summed E-state index contributed by atoms with van der Waals surface area (Å²) in [6.07, 6.45) is 0. The summed E-state index contributed by atoms with van der Waals surface area (Å²) in [5, 5.41) is 0. The summed E-state index contributed by atoms with van der Waals surface area (Å²) in [7, 11) is 0. The Morgan fingerprint density at radius 3 is 0.915 bits per heavy atom. The first-order chi connectivity index (χ1) is 22.6. The standard InChI is InChI=1S/C45H40N2/c1-43(2)33-25-23-29(46-39-19-11-7-15-35(39)44(3,4)36-16-8-12-20-40(36)46)27-31(33)32-28-30(24-26-34(32)43)47-41-21-13-9-17-37(41)45(5,6)38-18-10-14-22-42(38)47/h7-28H,1-6H3. The van der Waals surface area contributed by atoms with Crippen molar-refractivity contribution in [2.24, 2.45) is 0 Å². The third kappa shape index (κ3) is 3.73. The van der Waals surface area contributed by atoms with Crippen LogP contribution in [0.3, 0.4) is 0 Å². The van der Waals surface area contributed by atoms with Gasteiger partial charge in [0.05, 0.1) is 22.7 Å². The number of fused-ring (bicyclic) bond motifs is 7. The summed E-state index contributed by atoms with van der Waals surface area (Å²) in [5.74, 6) is 0. The second kappa shape index (κ2) is 9.48. The third-order valence-corrected chi connectivity index (χ3v) is 11.4. The Kier molecular flexibility index (Phi) is 5.68. The van der Waals surface area contributed by atoms with Gasteiger partial charge in [-0.1, -0.05) is 126 Å². The van der Waals surface area contributed by atoms with Gasteiger partial charge in [0, 0.05) is 27.6 Å². The number of para-hydroxylation sites is 4. The van der Waals surface area contributed by atoms with Crippen LogP contribution in [0.2, 0.25) is 0 Å². The monoisotopic (exact) mass is 608 g/mol. The van der Waals surface area contributed by atoms with Crippen LogP contribution in [0.15, 0.2) is 133 Å². The summed E-state index contributed by atoms with van der Waals surface area (Å²) >= 11 is 0. The lowest BCUT2D eigenvalue weighted by molar-refractivity contribution is 0.631. The fourth-order valence-corrected chi connectivity index (χ4v) is 8.92. The van der Waals surface area contributed by atoms with Gasteiger partial charge in [0.1, 0.15) is 0 Å². The summed E-state index contributed by atoms with van der Waals surface area (Å²) in [6, 6.07) is 50.0. The Morgan fingerprint density at radius 2 is 0.596 bits per heavy atom. The van der Waals surface area contributed by atoms with E-state index in [2.05, 4.69) is 185 Å². The molecule has 0 fully saturated rings. The van der Waals surface area contributed by atoms with Crippen LogP contribution in [-0.2, 0) is 16.2 Å². The van der Waals surface area contributed by atoms with Gasteiger partial charge in [-0.3, -0.25) is 0 Å². The van der Waals surface area contributed by atoms with E-state index in [1.54, 1.807) is 0 Å². The number of anilines is 6. The molecule has 0 unspecified atom stereocenters. The minimum Gasteiger partial charge on any atom is -0.310 e. The van der Waals surface area contributed by atoms with Crippen LogP contribution in [0.25, 0.3) is 11.1 Å². The molecule has 0 spiro atoms. The molecule has 230 valence electrons. The van der Waals surface area contributed by atoms with Gasteiger partial charge in [-0.15, -0.1) is 0 Å². The molecule has 6 aromatic carbocycles. The highest BCUT2D eigenvalue weighted by Crippen LogP contribution is 2.57. The fraction of sp³-hybridized carbons (Fsp3) is 0.200. The maximum Gasteiger partial charge on any atom is 0.0502 e. The SMILES string of the molecule is CC1(C)c2ccc(N3c4ccccc4C(C)(C)c4ccccc43)cc2-c2cc(N3c4ccccc4C(C)(C)c4ccccc43)ccc21. The van der Waals surface area contributed by atoms with Gasteiger partial charge < -0.3 is 9.80 Å². The minimum atomic E-state index is -0.0961. The molecule has 0 saturated heterocycles. The van der Waals surface area contributed by atoms with Crippen LogP contribution >= 0.6 is 0 Å². The van der Waals surface area contributed by atoms with Gasteiger partial charge in [0.25, 0.3) is 0 Å². The van der Waals surface area contributed by atoms with Gasteiger partial charge in [-0.25, -0.2) is 0 Å². The molecule has 47 heavy (non-hydrogen) atoms. The minimum absolute atomic E-state index is 0.0838. The molecule has 0 N–H and O–H groups in total. The van der Waals surface area contributed by atoms with Crippen LogP contribution in [0.1, 0.15) is 74.9 Å². The van der Waals surface area contributed by atoms with Crippen LogP contribution in [-0.4, -0.2) is 0 Å². The molecule has 0 radical (unpaired) electrons. The highest BCUT2D eigenvalue weighted by atomic mass is 15.2. The second-order valence-corrected chi connectivity index (χ2v) is 15.1. The molecule has 6 aromatic rings. The van der Waals surface area contributed by atoms with E-state index in [1.165, 1.54) is 78.6 Å². The van der Waals surface area contributed by atoms with Crippen molar-refractivity contribution in [2.45, 2.75) is 57.8 Å². The first kappa shape index (κ1) is 28.2. The molecule has 0 aromatic heterocycles. The van der Waals surface area contributed by atoms with Crippen molar-refractivity contribution < 1.29 is 0 Å². The topological polar surface area (TPSA) is 6.48 Å². The molecule has 0 bridgehead atoms. The van der Waals surface area contributed by atoms with Gasteiger partial charge in [-0.2, -0.15) is 0 Å². The van der Waals surface area contributed by atoms with Crippen molar-refractivity contribution in [1.29, 1.82) is 0 Å². The van der Waals surface area contributed by atoms with Crippen molar-refractivity contribution in [3.05, 3.63) is 167 Å². The normalized spacial score (nSPS) is 17.1. The Balaban J connectivity index is 1.24. The molecule has 2 aliphatic heterocycles. The van der Waals surface area contributed by atoms with Gasteiger partial charge in [0.2, 0.25) is 0 Å². The van der Waals surface area contributed by atoms with E-state index in [-0.39, 0.29) is 16.2 Å². The molecule has 2 heterocycles. The van der Waals surface area contributed by atoms with E-state index in [0.29, 0.717) is 0 Å². The molecule has 3 aliphatic rings. The highest BCUT2D eigenvalue weighted by Gasteiger charge is 2.41. The smallest absolute Gasteiger partial charge is 0.0502 e. The summed E-state index contributed by atoms with van der Waals surface area (Å²) < 4.78 is 0. The molecular formula is C45H40N2. The molecule has 0 amide bonds. The van der Waals surface area contributed by atoms with Crippen LogP contribution < -0.4 is 9.80 Å². The van der Waals surface area contributed by atoms with E-state index in [9.17, 15) is 0 Å². The Morgan fingerprint density at radius 1 is 0.319 bits per heavy atom. The molecule has 2 nitrogen and oxygen atoms in total. The number of hydrogen-bond acceptors (Lipinski definition) is 2. The zero-order valence-corrected chi connectivity index (χ0v) is 28.1. The Hall–Kier alpha value is -5.08. The molecule has 0 saturated carbocycles. The number of rotatable bonds is 2. The van der Waals surface area contributed by atoms with Crippen LogP contribution in [0.4, 0.5) is 34.1 Å². The van der Waals surface area contributed by atoms with Gasteiger partial charge >= 0.3 is 0 Å². The Bertz CT molecular complexity index is 1990. The second-order valence-electron chi connectivity index (χ2n) is 15.1. The summed E-state index contributed by atoms with van der Waals surface area (Å²) in [6.45, 7) is 14.1. The molecule has 9 rings (SSSR count). The maximum absolute atomic E-state index is 2.48. The molecular weight excluding hydrogens is 569 g/mol. The van der Waals surface area contributed by atoms with E-state index < -0.39 is 0 Å². The van der Waals surface area contributed by atoms with Crippen molar-refractivity contribution in [3.63, 3.8) is 0 Å². The van der Waals surface area contributed by atoms with Crippen LogP contribution in [0.5, 0.6) is 0 Å². The predicted molar refractivity (Wildman–Crippen MR) is 198 cm³/mol. The van der Waals surface area contributed by atoms with Crippen molar-refractivity contribution in [2.75, 3.05) is 9.80 Å². The summed E-state index contributed by atoms with van der Waals surface area (Å²) in [4.78, 5) is 4.95. The van der Waals surface area contributed by atoms with Crippen molar-refractivity contribution >= 4 is 34.1 Å². The average molecular weight is 609 g/mol. The first-order valence-electron chi connectivity index (χ1n) is 16.9. The van der Waals surface area contributed by atoms with E-state index in [1.807, 2.05) is 0 Å². The fourth-order valence-electron chi connectivity index (χ4n) is 8.92. The number of hydrogen-bond donors (Lipinski definition) is 0. The largest absolute Gasteiger partial charge is 0.310 e. The maximum atomic E-state index is 2.48. The number of benzene rings is 6. The first-order valence-corrected chi connectivity index (χ1v) is 16.9. The zero-order valence-electron chi connectivity index (χ0n) is 28.1. The quantitative estimate of drug-likeness (QED) is 0.193. The third-order valence-electron chi connectivity index (χ3n) is 11.4. The van der Waals surface area contributed by atoms with Gasteiger partial charge in [0.15, 0.2) is 0 Å². The van der Waals surface area contributed by atoms with Crippen LogP contribution in [0, 0.1) is 0 Å². The molecule has 2 heteroatoms. The zero-order chi connectivity index (χ0) is 32.3. The van der Waals surface area contributed by atoms with Gasteiger partial charge in [-0.05, 0) is 93.0 Å². The number of nitrogens with zero attached hydrogens (tertiary/aromatic N) is 2. The lowest BCUT2D eigenvalue weighted by atomic mass is 9.73. The molecule has 1 aliphatic carbocycles. The Labute approximate surface area is 279 Å². The van der Waals surface area contributed by atoms with Crippen molar-refractivity contribution in [3.8, 4) is 11.1 Å². The lowest BCUT2D eigenvalue weighted by Gasteiger charge is -2.42. The van der Waals surface area contributed by atoms with E-state index in [4.69, 9.17) is 0 Å². The van der Waals surface area contributed by atoms with E-state index >= 15 is 0 Å². The highest BCUT2D eigenvalue weighted by molar-refractivity contribution is 5.93. The molecule has 0 atom stereocenters. The van der Waals surface area contributed by atoms with Crippen molar-refractivity contribution in [1.82, 2.24) is 0 Å². The predicted octanol–water partition coefficient (Wildman–Crippen LogP) is 12.2. The van der Waals surface area contributed by atoms with E-state index in [0.717, 1.165) is 0 Å². The summed E-state index contributed by atoms with van der Waals surface area (Å²) in [5.41, 5.74) is 18.0. The lowest BCUT2D eigenvalue weighted by Crippen LogP contribution is -2.30.